The van der Waals surface area contributed by atoms with Gasteiger partial charge in [0.05, 0.1) is 0 Å². The third kappa shape index (κ3) is 2.87. The van der Waals surface area contributed by atoms with Crippen LogP contribution in [-0.4, -0.2) is 36.6 Å². The molecule has 1 atom stereocenters. The summed E-state index contributed by atoms with van der Waals surface area (Å²) in [7, 11) is 1.73. The van der Waals surface area contributed by atoms with Crippen LogP contribution in [0.3, 0.4) is 0 Å². The second kappa shape index (κ2) is 5.38. The SMILES string of the molecule is COCCC(C)(C)CN1C(=O)C2(CC2)NC1c1cccs1. The van der Waals surface area contributed by atoms with Gasteiger partial charge in [-0.2, -0.15) is 0 Å². The number of hydrogen-bond donors (Lipinski definition) is 1. The highest BCUT2D eigenvalue weighted by atomic mass is 32.1. The van der Waals surface area contributed by atoms with Crippen molar-refractivity contribution >= 4 is 17.2 Å². The summed E-state index contributed by atoms with van der Waals surface area (Å²) in [6, 6.07) is 4.17. The lowest BCUT2D eigenvalue weighted by atomic mass is 9.89. The molecule has 0 aromatic carbocycles. The maximum absolute atomic E-state index is 12.8. The van der Waals surface area contributed by atoms with Gasteiger partial charge in [-0.3, -0.25) is 10.1 Å². The van der Waals surface area contributed by atoms with Crippen LogP contribution in [-0.2, 0) is 9.53 Å². The summed E-state index contributed by atoms with van der Waals surface area (Å²) in [5, 5.41) is 5.65. The first-order valence-electron chi connectivity index (χ1n) is 7.59. The molecule has 1 aliphatic heterocycles. The van der Waals surface area contributed by atoms with Gasteiger partial charge in [-0.15, -0.1) is 11.3 Å². The summed E-state index contributed by atoms with van der Waals surface area (Å²) in [6.45, 7) is 5.93. The Hall–Kier alpha value is -0.910. The van der Waals surface area contributed by atoms with Gasteiger partial charge in [0.25, 0.3) is 0 Å². The van der Waals surface area contributed by atoms with Crippen molar-refractivity contribution in [1.82, 2.24) is 10.2 Å². The maximum atomic E-state index is 12.8. The number of rotatable bonds is 6. The highest BCUT2D eigenvalue weighted by Crippen LogP contribution is 2.47. The monoisotopic (exact) mass is 308 g/mol. The van der Waals surface area contributed by atoms with Gasteiger partial charge in [-0.05, 0) is 36.1 Å². The van der Waals surface area contributed by atoms with E-state index in [1.165, 1.54) is 4.88 Å². The van der Waals surface area contributed by atoms with Crippen molar-refractivity contribution in [3.05, 3.63) is 22.4 Å². The van der Waals surface area contributed by atoms with E-state index in [9.17, 15) is 4.79 Å². The Balaban J connectivity index is 1.78. The number of carbonyl (C=O) groups excluding carboxylic acids is 1. The van der Waals surface area contributed by atoms with Crippen LogP contribution in [0.4, 0.5) is 0 Å². The molecule has 0 radical (unpaired) electrons. The Labute approximate surface area is 130 Å². The van der Waals surface area contributed by atoms with Gasteiger partial charge in [0.2, 0.25) is 5.91 Å². The normalized spacial score (nSPS) is 24.0. The van der Waals surface area contributed by atoms with Crippen molar-refractivity contribution in [3.8, 4) is 0 Å². The van der Waals surface area contributed by atoms with Crippen LogP contribution in [0.25, 0.3) is 0 Å². The topological polar surface area (TPSA) is 41.6 Å². The molecule has 1 spiro atoms. The van der Waals surface area contributed by atoms with Crippen molar-refractivity contribution in [3.63, 3.8) is 0 Å². The largest absolute Gasteiger partial charge is 0.385 e. The number of carbonyl (C=O) groups is 1. The summed E-state index contributed by atoms with van der Waals surface area (Å²) in [4.78, 5) is 16.1. The molecular weight excluding hydrogens is 284 g/mol. The molecule has 1 aliphatic carbocycles. The molecule has 1 N–H and O–H groups in total. The van der Waals surface area contributed by atoms with Gasteiger partial charge in [-0.25, -0.2) is 0 Å². The minimum atomic E-state index is -0.258. The van der Waals surface area contributed by atoms with Crippen molar-refractivity contribution < 1.29 is 9.53 Å². The van der Waals surface area contributed by atoms with Crippen molar-refractivity contribution in [2.45, 2.75) is 44.8 Å². The van der Waals surface area contributed by atoms with E-state index in [-0.39, 0.29) is 23.0 Å². The second-order valence-electron chi connectivity index (χ2n) is 6.98. The Bertz CT molecular complexity index is 508. The molecule has 2 fully saturated rings. The first-order valence-corrected chi connectivity index (χ1v) is 8.47. The number of amides is 1. The average Bonchev–Trinajstić information content (AvgIpc) is 2.93. The number of nitrogens with zero attached hydrogens (tertiary/aromatic N) is 1. The van der Waals surface area contributed by atoms with E-state index in [0.29, 0.717) is 0 Å². The van der Waals surface area contributed by atoms with Gasteiger partial charge < -0.3 is 9.64 Å². The number of ether oxygens (including phenoxy) is 1. The molecular formula is C16H24N2O2S. The molecule has 2 aliphatic rings. The molecule has 1 saturated heterocycles. The van der Waals surface area contributed by atoms with Gasteiger partial charge >= 0.3 is 0 Å². The Morgan fingerprint density at radius 3 is 2.86 bits per heavy atom. The second-order valence-corrected chi connectivity index (χ2v) is 7.96. The molecule has 1 saturated carbocycles. The van der Waals surface area contributed by atoms with Crippen LogP contribution in [0, 0.1) is 5.41 Å². The van der Waals surface area contributed by atoms with E-state index in [0.717, 1.165) is 32.4 Å². The molecule has 1 amide bonds. The maximum Gasteiger partial charge on any atom is 0.244 e. The average molecular weight is 308 g/mol. The highest BCUT2D eigenvalue weighted by Gasteiger charge is 2.59. The van der Waals surface area contributed by atoms with Crippen LogP contribution >= 0.6 is 11.3 Å². The Kier molecular flexibility index (Phi) is 3.84. The molecule has 4 nitrogen and oxygen atoms in total. The van der Waals surface area contributed by atoms with Crippen molar-refractivity contribution in [2.24, 2.45) is 5.41 Å². The number of methoxy groups -OCH3 is 1. The van der Waals surface area contributed by atoms with Gasteiger partial charge in [-0.1, -0.05) is 19.9 Å². The molecule has 1 aromatic heterocycles. The van der Waals surface area contributed by atoms with E-state index < -0.39 is 0 Å². The molecule has 2 heterocycles. The molecule has 1 unspecified atom stereocenters. The van der Waals surface area contributed by atoms with E-state index in [4.69, 9.17) is 4.74 Å². The molecule has 0 bridgehead atoms. The van der Waals surface area contributed by atoms with Crippen LogP contribution in [0.15, 0.2) is 17.5 Å². The van der Waals surface area contributed by atoms with Gasteiger partial charge in [0, 0.05) is 25.1 Å². The van der Waals surface area contributed by atoms with Crippen LogP contribution in [0.2, 0.25) is 0 Å². The fraction of sp³-hybridized carbons (Fsp3) is 0.688. The Morgan fingerprint density at radius 1 is 1.52 bits per heavy atom. The van der Waals surface area contributed by atoms with E-state index in [1.54, 1.807) is 18.4 Å². The van der Waals surface area contributed by atoms with E-state index in [1.807, 2.05) is 0 Å². The van der Waals surface area contributed by atoms with Crippen LogP contribution in [0.1, 0.15) is 44.2 Å². The fourth-order valence-electron chi connectivity index (χ4n) is 3.03. The van der Waals surface area contributed by atoms with Crippen molar-refractivity contribution in [1.29, 1.82) is 0 Å². The predicted molar refractivity (Wildman–Crippen MR) is 84.1 cm³/mol. The highest BCUT2D eigenvalue weighted by molar-refractivity contribution is 7.10. The first kappa shape index (κ1) is 15.0. The van der Waals surface area contributed by atoms with Crippen molar-refractivity contribution in [2.75, 3.05) is 20.3 Å². The zero-order chi connectivity index (χ0) is 15.1. The summed E-state index contributed by atoms with van der Waals surface area (Å²) in [5.41, 5.74) is -0.199. The summed E-state index contributed by atoms with van der Waals surface area (Å²) in [5.74, 6) is 0.284. The number of thiophene rings is 1. The molecule has 21 heavy (non-hydrogen) atoms. The lowest BCUT2D eigenvalue weighted by Gasteiger charge is -2.33. The molecule has 3 rings (SSSR count). The quantitative estimate of drug-likeness (QED) is 0.878. The standard InChI is InChI=1S/C16H24N2O2S/c1-15(2,8-9-20-3)11-18-13(12-5-4-10-21-12)17-16(6-7-16)14(18)19/h4-5,10,13,17H,6-9,11H2,1-3H3. The molecule has 5 heteroatoms. The minimum Gasteiger partial charge on any atom is -0.385 e. The van der Waals surface area contributed by atoms with Crippen LogP contribution < -0.4 is 5.32 Å². The van der Waals surface area contributed by atoms with Crippen LogP contribution in [0.5, 0.6) is 0 Å². The number of hydrogen-bond acceptors (Lipinski definition) is 4. The predicted octanol–water partition coefficient (Wildman–Crippen LogP) is 2.77. The molecule has 1 aromatic rings. The van der Waals surface area contributed by atoms with E-state index >= 15 is 0 Å². The van der Waals surface area contributed by atoms with E-state index in [2.05, 4.69) is 41.6 Å². The molecule has 116 valence electrons. The third-order valence-corrected chi connectivity index (χ3v) is 5.46. The fourth-order valence-corrected chi connectivity index (χ4v) is 3.82. The van der Waals surface area contributed by atoms with Gasteiger partial charge in [0.15, 0.2) is 0 Å². The third-order valence-electron chi connectivity index (χ3n) is 4.54. The summed E-state index contributed by atoms with van der Waals surface area (Å²) >= 11 is 1.72. The summed E-state index contributed by atoms with van der Waals surface area (Å²) < 4.78 is 5.20. The van der Waals surface area contributed by atoms with Gasteiger partial charge in [0.1, 0.15) is 11.7 Å². The summed E-state index contributed by atoms with van der Waals surface area (Å²) in [6.07, 6.45) is 2.95. The number of nitrogens with one attached hydrogen (secondary N) is 1. The Morgan fingerprint density at radius 2 is 2.29 bits per heavy atom. The first-order chi connectivity index (χ1) is 9.97. The zero-order valence-electron chi connectivity index (χ0n) is 13.0. The minimum absolute atomic E-state index is 0.0434. The lowest BCUT2D eigenvalue weighted by Crippen LogP contribution is -2.39. The lowest BCUT2D eigenvalue weighted by molar-refractivity contribution is -0.132. The smallest absolute Gasteiger partial charge is 0.244 e. The zero-order valence-corrected chi connectivity index (χ0v) is 13.8.